The van der Waals surface area contributed by atoms with Crippen LogP contribution in [0.1, 0.15) is 41.0 Å². The molecule has 0 aliphatic heterocycles. The lowest BCUT2D eigenvalue weighted by Crippen LogP contribution is -2.30. The second kappa shape index (κ2) is 4.04. The Bertz CT molecular complexity index is 142. The predicted molar refractivity (Wildman–Crippen MR) is 50.2 cm³/mol. The van der Waals surface area contributed by atoms with E-state index in [0.717, 1.165) is 12.7 Å². The summed E-state index contributed by atoms with van der Waals surface area (Å²) in [6.07, 6.45) is 1.75. The molecule has 0 rings (SSSR count). The molecule has 0 fully saturated rings. The van der Waals surface area contributed by atoms with Crippen molar-refractivity contribution < 1.29 is 9.53 Å². The second-order valence-electron chi connectivity index (χ2n) is 4.97. The number of aldehydes is 1. The third kappa shape index (κ3) is 6.35. The topological polar surface area (TPSA) is 26.3 Å². The van der Waals surface area contributed by atoms with Crippen LogP contribution in [-0.2, 0) is 9.53 Å². The van der Waals surface area contributed by atoms with Gasteiger partial charge in [0.2, 0.25) is 0 Å². The zero-order valence-corrected chi connectivity index (χ0v) is 8.81. The number of carbonyl (C=O) groups excluding carboxylic acids is 1. The van der Waals surface area contributed by atoms with Crippen molar-refractivity contribution in [3.63, 3.8) is 0 Å². The maximum atomic E-state index is 10.1. The monoisotopic (exact) mass is 172 g/mol. The van der Waals surface area contributed by atoms with Gasteiger partial charge < -0.3 is 9.53 Å². The Morgan fingerprint density at radius 1 is 1.17 bits per heavy atom. The zero-order chi connectivity index (χ0) is 9.83. The summed E-state index contributed by atoms with van der Waals surface area (Å²) in [4.78, 5) is 10.1. The number of carbonyl (C=O) groups is 1. The lowest BCUT2D eigenvalue weighted by molar-refractivity contribution is -0.119. The molecule has 0 aromatic carbocycles. The number of ether oxygens (including phenoxy) is 1. The Kier molecular flexibility index (Phi) is 3.91. The molecule has 0 radical (unpaired) electrons. The molecule has 0 aromatic heterocycles. The molecular formula is C10H20O2. The highest BCUT2D eigenvalue weighted by Gasteiger charge is 2.25. The van der Waals surface area contributed by atoms with E-state index in [9.17, 15) is 4.79 Å². The number of hydrogen-bond acceptors (Lipinski definition) is 2. The lowest BCUT2D eigenvalue weighted by atomic mass is 9.84. The average Bonchev–Trinajstić information content (AvgIpc) is 1.78. The summed E-state index contributed by atoms with van der Waals surface area (Å²) >= 11 is 0. The molecule has 72 valence electrons. The van der Waals surface area contributed by atoms with Crippen LogP contribution in [0.25, 0.3) is 0 Å². The molecule has 0 N–H and O–H groups in total. The Balaban J connectivity index is 3.94. The molecule has 12 heavy (non-hydrogen) atoms. The average molecular weight is 172 g/mol. The highest BCUT2D eigenvalue weighted by atomic mass is 16.5. The van der Waals surface area contributed by atoms with Crippen molar-refractivity contribution in [1.82, 2.24) is 0 Å². The first-order valence-electron chi connectivity index (χ1n) is 4.34. The summed E-state index contributed by atoms with van der Waals surface area (Å²) in [6.45, 7) is 10.7. The first kappa shape index (κ1) is 11.6. The summed E-state index contributed by atoms with van der Waals surface area (Å²) < 4.78 is 5.39. The van der Waals surface area contributed by atoms with Crippen molar-refractivity contribution >= 4 is 6.29 Å². The zero-order valence-electron chi connectivity index (χ0n) is 8.81. The van der Waals surface area contributed by atoms with Crippen molar-refractivity contribution in [2.24, 2.45) is 5.41 Å². The van der Waals surface area contributed by atoms with Gasteiger partial charge in [-0.2, -0.15) is 0 Å². The van der Waals surface area contributed by atoms with Gasteiger partial charge in [0, 0.05) is 0 Å². The molecule has 2 heteroatoms. The molecule has 0 saturated carbocycles. The van der Waals surface area contributed by atoms with Crippen molar-refractivity contribution in [3.05, 3.63) is 0 Å². The van der Waals surface area contributed by atoms with Crippen LogP contribution in [0.15, 0.2) is 0 Å². The molecule has 2 nitrogen and oxygen atoms in total. The Morgan fingerprint density at radius 3 is 2.00 bits per heavy atom. The van der Waals surface area contributed by atoms with Gasteiger partial charge in [-0.25, -0.2) is 0 Å². The molecular weight excluding hydrogens is 152 g/mol. The fourth-order valence-electron chi connectivity index (χ4n) is 1.59. The standard InChI is InChI=1S/C10H20O2/c1-9(2,3)8-10(4,5)12-7-6-11/h6H,7-8H2,1-5H3. The highest BCUT2D eigenvalue weighted by Crippen LogP contribution is 2.28. The van der Waals surface area contributed by atoms with Crippen LogP contribution in [0, 0.1) is 5.41 Å². The van der Waals surface area contributed by atoms with E-state index in [-0.39, 0.29) is 17.6 Å². The quantitative estimate of drug-likeness (QED) is 0.609. The molecule has 0 bridgehead atoms. The fraction of sp³-hybridized carbons (Fsp3) is 0.900. The minimum atomic E-state index is -0.195. The third-order valence-corrected chi connectivity index (χ3v) is 1.50. The van der Waals surface area contributed by atoms with Gasteiger partial charge >= 0.3 is 0 Å². The van der Waals surface area contributed by atoms with Crippen molar-refractivity contribution in [1.29, 1.82) is 0 Å². The van der Waals surface area contributed by atoms with Gasteiger partial charge in [0.25, 0.3) is 0 Å². The fourth-order valence-corrected chi connectivity index (χ4v) is 1.59. The van der Waals surface area contributed by atoms with E-state index in [2.05, 4.69) is 20.8 Å². The molecule has 0 aliphatic carbocycles. The Morgan fingerprint density at radius 2 is 1.67 bits per heavy atom. The maximum Gasteiger partial charge on any atom is 0.145 e. The van der Waals surface area contributed by atoms with Gasteiger partial charge in [-0.05, 0) is 25.7 Å². The Hall–Kier alpha value is -0.370. The third-order valence-electron chi connectivity index (χ3n) is 1.50. The normalized spacial score (nSPS) is 13.1. The van der Waals surface area contributed by atoms with Crippen LogP contribution in [0.4, 0.5) is 0 Å². The van der Waals surface area contributed by atoms with Crippen LogP contribution in [0.5, 0.6) is 0 Å². The molecule has 0 aromatic rings. The van der Waals surface area contributed by atoms with E-state index < -0.39 is 0 Å². The predicted octanol–water partition coefficient (Wildman–Crippen LogP) is 2.42. The van der Waals surface area contributed by atoms with Gasteiger partial charge in [0.15, 0.2) is 0 Å². The highest BCUT2D eigenvalue weighted by molar-refractivity contribution is 5.50. The van der Waals surface area contributed by atoms with E-state index in [1.807, 2.05) is 13.8 Å². The maximum absolute atomic E-state index is 10.1. The number of rotatable bonds is 4. The van der Waals surface area contributed by atoms with Gasteiger partial charge in [-0.1, -0.05) is 20.8 Å². The summed E-state index contributed by atoms with van der Waals surface area (Å²) in [5.41, 5.74) is 0.0472. The van der Waals surface area contributed by atoms with Crippen LogP contribution >= 0.6 is 0 Å². The van der Waals surface area contributed by atoms with E-state index in [4.69, 9.17) is 4.74 Å². The van der Waals surface area contributed by atoms with Gasteiger partial charge in [-0.15, -0.1) is 0 Å². The number of hydrogen-bond donors (Lipinski definition) is 0. The van der Waals surface area contributed by atoms with Gasteiger partial charge in [0.1, 0.15) is 12.9 Å². The molecule has 0 atom stereocenters. The second-order valence-corrected chi connectivity index (χ2v) is 4.97. The molecule has 0 amide bonds. The first-order valence-corrected chi connectivity index (χ1v) is 4.34. The minimum absolute atomic E-state index is 0.195. The van der Waals surface area contributed by atoms with Crippen LogP contribution < -0.4 is 0 Å². The molecule has 0 saturated heterocycles. The van der Waals surface area contributed by atoms with Crippen LogP contribution in [0.3, 0.4) is 0 Å². The summed E-state index contributed by atoms with van der Waals surface area (Å²) in [5.74, 6) is 0. The Labute approximate surface area is 75.3 Å². The summed E-state index contributed by atoms with van der Waals surface area (Å²) in [6, 6.07) is 0. The van der Waals surface area contributed by atoms with Gasteiger partial charge in [-0.3, -0.25) is 0 Å². The van der Waals surface area contributed by atoms with Crippen molar-refractivity contribution in [2.45, 2.75) is 46.6 Å². The first-order chi connectivity index (χ1) is 5.27. The smallest absolute Gasteiger partial charge is 0.145 e. The molecule has 0 unspecified atom stereocenters. The largest absolute Gasteiger partial charge is 0.368 e. The van der Waals surface area contributed by atoms with E-state index in [0.29, 0.717) is 0 Å². The SMILES string of the molecule is CC(C)(C)CC(C)(C)OCC=O. The van der Waals surface area contributed by atoms with E-state index in [1.165, 1.54) is 0 Å². The van der Waals surface area contributed by atoms with Gasteiger partial charge in [0.05, 0.1) is 5.60 Å². The summed E-state index contributed by atoms with van der Waals surface area (Å²) in [5, 5.41) is 0. The minimum Gasteiger partial charge on any atom is -0.368 e. The lowest BCUT2D eigenvalue weighted by Gasteiger charge is -2.31. The van der Waals surface area contributed by atoms with Crippen molar-refractivity contribution in [3.8, 4) is 0 Å². The van der Waals surface area contributed by atoms with Crippen LogP contribution in [-0.4, -0.2) is 18.5 Å². The van der Waals surface area contributed by atoms with Crippen molar-refractivity contribution in [2.75, 3.05) is 6.61 Å². The molecule has 0 aliphatic rings. The van der Waals surface area contributed by atoms with Crippen LogP contribution in [0.2, 0.25) is 0 Å². The molecule has 0 heterocycles. The van der Waals surface area contributed by atoms with E-state index >= 15 is 0 Å². The molecule has 0 spiro atoms. The van der Waals surface area contributed by atoms with E-state index in [1.54, 1.807) is 0 Å². The summed E-state index contributed by atoms with van der Waals surface area (Å²) in [7, 11) is 0.